The van der Waals surface area contributed by atoms with E-state index in [4.69, 9.17) is 4.42 Å². The highest BCUT2D eigenvalue weighted by Gasteiger charge is 2.31. The average molecular weight is 306 g/mol. The van der Waals surface area contributed by atoms with E-state index < -0.39 is 0 Å². The molecule has 0 fully saturated rings. The number of anilines is 1. The number of furan rings is 1. The number of fused-ring (bicyclic) bond motifs is 1. The van der Waals surface area contributed by atoms with Gasteiger partial charge >= 0.3 is 0 Å². The number of nitrogens with zero attached hydrogens (tertiary/aromatic N) is 2. The van der Waals surface area contributed by atoms with E-state index in [-0.39, 0.29) is 12.5 Å². The van der Waals surface area contributed by atoms with Crippen LogP contribution >= 0.6 is 11.3 Å². The molecule has 0 saturated heterocycles. The first kappa shape index (κ1) is 14.3. The van der Waals surface area contributed by atoms with Gasteiger partial charge in [-0.2, -0.15) is 0 Å². The minimum Gasteiger partial charge on any atom is -0.459 e. The van der Waals surface area contributed by atoms with Crippen molar-refractivity contribution < 1.29 is 14.3 Å². The Balaban J connectivity index is 1.99. The normalized spacial score (nSPS) is 15.3. The van der Waals surface area contributed by atoms with Crippen molar-refractivity contribution in [2.24, 2.45) is 0 Å². The molecule has 1 aliphatic heterocycles. The number of thiophene rings is 1. The number of aliphatic hydroxyl groups excluding tert-OH is 1. The molecule has 2 aromatic heterocycles. The maximum atomic E-state index is 12.6. The monoisotopic (exact) mass is 306 g/mol. The smallest absolute Gasteiger partial charge is 0.295 e. The largest absolute Gasteiger partial charge is 0.459 e. The first-order chi connectivity index (χ1) is 10.1. The molecule has 112 valence electrons. The Labute approximate surface area is 127 Å². The van der Waals surface area contributed by atoms with Gasteiger partial charge < -0.3 is 9.52 Å². The Hall–Kier alpha value is -1.63. The molecule has 21 heavy (non-hydrogen) atoms. The summed E-state index contributed by atoms with van der Waals surface area (Å²) in [6.45, 7) is 6.05. The highest BCUT2D eigenvalue weighted by molar-refractivity contribution is 7.16. The van der Waals surface area contributed by atoms with E-state index in [2.05, 4.69) is 18.7 Å². The van der Waals surface area contributed by atoms with E-state index in [0.717, 1.165) is 11.5 Å². The molecular formula is C15H18N2O3S. The van der Waals surface area contributed by atoms with Crippen molar-refractivity contribution in [1.82, 2.24) is 4.90 Å². The molecule has 1 N–H and O–H groups in total. The number of carbonyl (C=O) groups is 1. The molecule has 3 rings (SSSR count). The summed E-state index contributed by atoms with van der Waals surface area (Å²) < 4.78 is 5.24. The zero-order valence-corrected chi connectivity index (χ0v) is 12.9. The predicted molar refractivity (Wildman–Crippen MR) is 81.7 cm³/mol. The van der Waals surface area contributed by atoms with Crippen LogP contribution in [0.3, 0.4) is 0 Å². The van der Waals surface area contributed by atoms with E-state index in [9.17, 15) is 9.90 Å². The zero-order valence-electron chi connectivity index (χ0n) is 12.1. The van der Waals surface area contributed by atoms with Crippen LogP contribution in [-0.4, -0.2) is 35.7 Å². The van der Waals surface area contributed by atoms with Gasteiger partial charge in [0.1, 0.15) is 5.00 Å². The molecule has 0 aromatic carbocycles. The Morgan fingerprint density at radius 3 is 2.95 bits per heavy atom. The van der Waals surface area contributed by atoms with Crippen LogP contribution in [-0.2, 0) is 6.54 Å². The van der Waals surface area contributed by atoms with Gasteiger partial charge in [-0.15, -0.1) is 11.3 Å². The number of aryl methyl sites for hydroxylation is 1. The van der Waals surface area contributed by atoms with Gasteiger partial charge in [0.25, 0.3) is 5.91 Å². The van der Waals surface area contributed by atoms with E-state index in [1.165, 1.54) is 22.3 Å². The molecule has 1 amide bonds. The van der Waals surface area contributed by atoms with Crippen molar-refractivity contribution >= 4 is 22.2 Å². The molecular weight excluding hydrogens is 288 g/mol. The number of β-amino-alcohol motifs (C(OH)–C–C–N with tert-alkyl or cyclic N) is 1. The van der Waals surface area contributed by atoms with Crippen molar-refractivity contribution in [3.63, 3.8) is 0 Å². The number of aliphatic hydroxyl groups is 1. The topological polar surface area (TPSA) is 56.9 Å². The van der Waals surface area contributed by atoms with Crippen molar-refractivity contribution in [3.8, 4) is 0 Å². The number of hydrogen-bond donors (Lipinski definition) is 1. The lowest BCUT2D eigenvalue weighted by Crippen LogP contribution is -2.45. The number of carbonyl (C=O) groups excluding carboxylic acids is 1. The second kappa shape index (κ2) is 5.63. The lowest BCUT2D eigenvalue weighted by atomic mass is 10.1. The Morgan fingerprint density at radius 1 is 1.48 bits per heavy atom. The van der Waals surface area contributed by atoms with E-state index in [0.29, 0.717) is 19.0 Å². The molecule has 0 unspecified atom stereocenters. The molecule has 0 spiro atoms. The Kier molecular flexibility index (Phi) is 3.84. The fourth-order valence-electron chi connectivity index (χ4n) is 2.58. The summed E-state index contributed by atoms with van der Waals surface area (Å²) in [7, 11) is 0. The number of hydrogen-bond acceptors (Lipinski definition) is 5. The summed E-state index contributed by atoms with van der Waals surface area (Å²) in [4.78, 5) is 17.7. The highest BCUT2D eigenvalue weighted by Crippen LogP contribution is 2.39. The molecule has 6 heteroatoms. The molecule has 0 aliphatic carbocycles. The van der Waals surface area contributed by atoms with Crippen molar-refractivity contribution in [3.05, 3.63) is 40.2 Å². The van der Waals surface area contributed by atoms with Gasteiger partial charge in [0, 0.05) is 23.5 Å². The maximum Gasteiger partial charge on any atom is 0.295 e. The molecule has 2 aromatic rings. The minimum atomic E-state index is -0.134. The lowest BCUT2D eigenvalue weighted by molar-refractivity contribution is 0.0923. The van der Waals surface area contributed by atoms with Crippen LogP contribution in [0.2, 0.25) is 0 Å². The van der Waals surface area contributed by atoms with E-state index in [1.54, 1.807) is 28.4 Å². The van der Waals surface area contributed by atoms with Crippen LogP contribution < -0.4 is 4.90 Å². The van der Waals surface area contributed by atoms with Gasteiger partial charge in [0.15, 0.2) is 5.76 Å². The van der Waals surface area contributed by atoms with Crippen LogP contribution in [0.4, 0.5) is 5.00 Å². The molecule has 0 radical (unpaired) electrons. The Morgan fingerprint density at radius 2 is 2.29 bits per heavy atom. The quantitative estimate of drug-likeness (QED) is 0.946. The van der Waals surface area contributed by atoms with Crippen molar-refractivity contribution in [2.45, 2.75) is 20.4 Å². The molecule has 1 aliphatic rings. The third kappa shape index (κ3) is 2.50. The van der Waals surface area contributed by atoms with Gasteiger partial charge in [0.2, 0.25) is 0 Å². The fourth-order valence-corrected chi connectivity index (χ4v) is 3.74. The average Bonchev–Trinajstić information content (AvgIpc) is 3.09. The molecule has 0 atom stereocenters. The van der Waals surface area contributed by atoms with Gasteiger partial charge in [-0.05, 0) is 31.5 Å². The molecule has 5 nitrogen and oxygen atoms in total. The van der Waals surface area contributed by atoms with Crippen LogP contribution in [0.1, 0.15) is 26.6 Å². The minimum absolute atomic E-state index is 0.0836. The second-order valence-corrected chi connectivity index (χ2v) is 6.40. The summed E-state index contributed by atoms with van der Waals surface area (Å²) in [5.74, 6) is 0.209. The summed E-state index contributed by atoms with van der Waals surface area (Å²) >= 11 is 1.64. The van der Waals surface area contributed by atoms with Crippen molar-refractivity contribution in [1.29, 1.82) is 0 Å². The summed E-state index contributed by atoms with van der Waals surface area (Å²) in [6.07, 6.45) is 1.51. The highest BCUT2D eigenvalue weighted by atomic mass is 32.1. The SMILES string of the molecule is Cc1sc2c(c1C)CN(CCO)CN2C(=O)c1ccco1. The van der Waals surface area contributed by atoms with E-state index >= 15 is 0 Å². The first-order valence-electron chi connectivity index (χ1n) is 6.89. The molecule has 0 saturated carbocycles. The third-order valence-corrected chi connectivity index (χ3v) is 5.12. The van der Waals surface area contributed by atoms with Gasteiger partial charge in [-0.3, -0.25) is 14.6 Å². The van der Waals surface area contributed by atoms with E-state index in [1.807, 2.05) is 0 Å². The lowest BCUT2D eigenvalue weighted by Gasteiger charge is -2.34. The maximum absolute atomic E-state index is 12.6. The zero-order chi connectivity index (χ0) is 15.0. The third-order valence-electron chi connectivity index (χ3n) is 3.85. The van der Waals surface area contributed by atoms with Crippen LogP contribution in [0.25, 0.3) is 0 Å². The van der Waals surface area contributed by atoms with Crippen LogP contribution in [0, 0.1) is 13.8 Å². The van der Waals surface area contributed by atoms with Crippen LogP contribution in [0.5, 0.6) is 0 Å². The van der Waals surface area contributed by atoms with Gasteiger partial charge in [-0.25, -0.2) is 0 Å². The summed E-state index contributed by atoms with van der Waals surface area (Å²) in [5, 5.41) is 10.2. The second-order valence-electron chi connectivity index (χ2n) is 5.20. The molecule has 0 bridgehead atoms. The van der Waals surface area contributed by atoms with Crippen molar-refractivity contribution in [2.75, 3.05) is 24.7 Å². The standard InChI is InChI=1S/C15H18N2O3S/c1-10-11(2)21-15-12(10)8-16(5-6-18)9-17(15)14(19)13-4-3-7-20-13/h3-4,7,18H,5-6,8-9H2,1-2H3. The number of amides is 1. The number of rotatable bonds is 3. The fraction of sp³-hybridized carbons (Fsp3) is 0.400. The van der Waals surface area contributed by atoms with Gasteiger partial charge in [-0.1, -0.05) is 0 Å². The Bertz CT molecular complexity index is 648. The van der Waals surface area contributed by atoms with Gasteiger partial charge in [0.05, 0.1) is 19.5 Å². The summed E-state index contributed by atoms with van der Waals surface area (Å²) in [5.41, 5.74) is 2.41. The van der Waals surface area contributed by atoms with Crippen LogP contribution in [0.15, 0.2) is 22.8 Å². The predicted octanol–water partition coefficient (Wildman–Crippen LogP) is 2.37. The molecule has 3 heterocycles. The first-order valence-corrected chi connectivity index (χ1v) is 7.71. The summed E-state index contributed by atoms with van der Waals surface area (Å²) in [6, 6.07) is 3.40.